The lowest BCUT2D eigenvalue weighted by Gasteiger charge is -2.44. The highest BCUT2D eigenvalue weighted by Gasteiger charge is 2.39. The Hall–Kier alpha value is -1.55. The van der Waals surface area contributed by atoms with Gasteiger partial charge in [-0.05, 0) is 18.1 Å². The number of anilines is 1. The molecule has 1 aromatic rings. The second-order valence-corrected chi connectivity index (χ2v) is 4.61. The molecule has 1 aromatic carbocycles. The third-order valence-electron chi connectivity index (χ3n) is 3.69. The van der Waals surface area contributed by atoms with Crippen molar-refractivity contribution in [2.24, 2.45) is 5.92 Å². The van der Waals surface area contributed by atoms with Gasteiger partial charge >= 0.3 is 5.97 Å². The molecule has 1 saturated heterocycles. The Morgan fingerprint density at radius 1 is 1.41 bits per heavy atom. The van der Waals surface area contributed by atoms with Gasteiger partial charge in [0.05, 0.1) is 25.2 Å². The number of hydrogen-bond donors (Lipinski definition) is 1. The molecule has 2 unspecified atom stereocenters. The van der Waals surface area contributed by atoms with Crippen LogP contribution in [0, 0.1) is 5.92 Å². The quantitative estimate of drug-likeness (QED) is 0.790. The zero-order chi connectivity index (χ0) is 11.8. The summed E-state index contributed by atoms with van der Waals surface area (Å²) in [5.74, 6) is -1.08. The molecule has 0 bridgehead atoms. The number of morpholine rings is 1. The maximum atomic E-state index is 11.3. The van der Waals surface area contributed by atoms with E-state index in [1.165, 1.54) is 5.69 Å². The Balaban J connectivity index is 2.03. The van der Waals surface area contributed by atoms with E-state index in [4.69, 9.17) is 4.74 Å². The Kier molecular flexibility index (Phi) is 2.52. The summed E-state index contributed by atoms with van der Waals surface area (Å²) in [7, 11) is 0. The lowest BCUT2D eigenvalue weighted by molar-refractivity contribution is -0.143. The highest BCUT2D eigenvalue weighted by molar-refractivity contribution is 5.75. The van der Waals surface area contributed by atoms with E-state index >= 15 is 0 Å². The second-order valence-electron chi connectivity index (χ2n) is 4.61. The third kappa shape index (κ3) is 1.69. The van der Waals surface area contributed by atoms with Crippen molar-refractivity contribution in [3.63, 3.8) is 0 Å². The largest absolute Gasteiger partial charge is 0.481 e. The van der Waals surface area contributed by atoms with Gasteiger partial charge in [0, 0.05) is 12.2 Å². The molecule has 3 rings (SSSR count). The molecule has 0 aliphatic carbocycles. The van der Waals surface area contributed by atoms with Crippen molar-refractivity contribution in [1.82, 2.24) is 0 Å². The summed E-state index contributed by atoms with van der Waals surface area (Å²) in [5.41, 5.74) is 2.32. The van der Waals surface area contributed by atoms with Crippen LogP contribution < -0.4 is 4.90 Å². The number of hydrogen-bond acceptors (Lipinski definition) is 3. The van der Waals surface area contributed by atoms with Crippen molar-refractivity contribution in [3.8, 4) is 0 Å². The molecule has 2 aliphatic rings. The Morgan fingerprint density at radius 3 is 3.06 bits per heavy atom. The van der Waals surface area contributed by atoms with Crippen LogP contribution in [0.5, 0.6) is 0 Å². The molecule has 0 radical (unpaired) electrons. The molecular weight excluding hydrogens is 218 g/mol. The standard InChI is InChI=1S/C13H15NO3/c15-13(16)10-7-9-3-1-2-4-11(9)14-5-6-17-8-12(10)14/h1-4,10,12H,5-8H2,(H,15,16). The highest BCUT2D eigenvalue weighted by Crippen LogP contribution is 2.35. The van der Waals surface area contributed by atoms with Crippen LogP contribution in [0.2, 0.25) is 0 Å². The summed E-state index contributed by atoms with van der Waals surface area (Å²) in [4.78, 5) is 13.5. The summed E-state index contributed by atoms with van der Waals surface area (Å²) in [6.07, 6.45) is 0.607. The van der Waals surface area contributed by atoms with Crippen LogP contribution in [-0.4, -0.2) is 36.9 Å². The third-order valence-corrected chi connectivity index (χ3v) is 3.69. The summed E-state index contributed by atoms with van der Waals surface area (Å²) in [6, 6.07) is 8.06. The monoisotopic (exact) mass is 233 g/mol. The van der Waals surface area contributed by atoms with Gasteiger partial charge in [-0.25, -0.2) is 0 Å². The topological polar surface area (TPSA) is 49.8 Å². The lowest BCUT2D eigenvalue weighted by Crippen LogP contribution is -2.54. The summed E-state index contributed by atoms with van der Waals surface area (Å²) in [5, 5.41) is 9.32. The first-order valence-electron chi connectivity index (χ1n) is 5.92. The fourth-order valence-electron chi connectivity index (χ4n) is 2.84. The number of carbonyl (C=O) groups is 1. The van der Waals surface area contributed by atoms with Gasteiger partial charge in [-0.1, -0.05) is 18.2 Å². The SMILES string of the molecule is O=C(O)C1Cc2ccccc2N2CCOCC12. The van der Waals surface area contributed by atoms with Crippen LogP contribution in [0.3, 0.4) is 0 Å². The van der Waals surface area contributed by atoms with E-state index < -0.39 is 5.97 Å². The number of para-hydroxylation sites is 1. The normalized spacial score (nSPS) is 27.2. The number of carboxylic acids is 1. The van der Waals surface area contributed by atoms with Crippen molar-refractivity contribution in [3.05, 3.63) is 29.8 Å². The van der Waals surface area contributed by atoms with E-state index in [0.717, 1.165) is 12.1 Å². The molecule has 0 amide bonds. The predicted molar refractivity (Wildman–Crippen MR) is 63.2 cm³/mol. The van der Waals surface area contributed by atoms with E-state index in [1.54, 1.807) is 0 Å². The van der Waals surface area contributed by atoms with Gasteiger partial charge in [-0.3, -0.25) is 4.79 Å². The molecule has 4 nitrogen and oxygen atoms in total. The van der Waals surface area contributed by atoms with Crippen LogP contribution in [0.4, 0.5) is 5.69 Å². The van der Waals surface area contributed by atoms with Gasteiger partial charge in [-0.2, -0.15) is 0 Å². The first-order chi connectivity index (χ1) is 8.27. The van der Waals surface area contributed by atoms with Gasteiger partial charge in [0.2, 0.25) is 0 Å². The number of benzene rings is 1. The van der Waals surface area contributed by atoms with Gasteiger partial charge < -0.3 is 14.7 Å². The van der Waals surface area contributed by atoms with Crippen LogP contribution in [0.1, 0.15) is 5.56 Å². The summed E-state index contributed by atoms with van der Waals surface area (Å²) < 4.78 is 5.43. The molecule has 4 heteroatoms. The Bertz CT molecular complexity index is 446. The number of fused-ring (bicyclic) bond motifs is 3. The molecule has 0 spiro atoms. The molecule has 0 aromatic heterocycles. The minimum atomic E-state index is -0.722. The average molecular weight is 233 g/mol. The number of aliphatic carboxylic acids is 1. The number of rotatable bonds is 1. The van der Waals surface area contributed by atoms with E-state index in [1.807, 2.05) is 18.2 Å². The van der Waals surface area contributed by atoms with Crippen molar-refractivity contribution < 1.29 is 14.6 Å². The fourth-order valence-corrected chi connectivity index (χ4v) is 2.84. The first-order valence-corrected chi connectivity index (χ1v) is 5.92. The minimum absolute atomic E-state index is 0.0175. The van der Waals surface area contributed by atoms with Crippen LogP contribution in [-0.2, 0) is 16.0 Å². The van der Waals surface area contributed by atoms with Crippen molar-refractivity contribution >= 4 is 11.7 Å². The van der Waals surface area contributed by atoms with Crippen molar-refractivity contribution in [2.75, 3.05) is 24.7 Å². The van der Waals surface area contributed by atoms with Crippen molar-refractivity contribution in [1.29, 1.82) is 0 Å². The molecule has 1 fully saturated rings. The van der Waals surface area contributed by atoms with Crippen LogP contribution in [0.15, 0.2) is 24.3 Å². The van der Waals surface area contributed by atoms with Gasteiger partial charge in [0.25, 0.3) is 0 Å². The van der Waals surface area contributed by atoms with E-state index in [2.05, 4.69) is 11.0 Å². The van der Waals surface area contributed by atoms with Gasteiger partial charge in [0.15, 0.2) is 0 Å². The Labute approximate surface area is 99.8 Å². The van der Waals surface area contributed by atoms with E-state index in [9.17, 15) is 9.90 Å². The van der Waals surface area contributed by atoms with E-state index in [-0.39, 0.29) is 12.0 Å². The average Bonchev–Trinajstić information content (AvgIpc) is 2.37. The smallest absolute Gasteiger partial charge is 0.309 e. The first kappa shape index (κ1) is 10.6. The minimum Gasteiger partial charge on any atom is -0.481 e. The van der Waals surface area contributed by atoms with Gasteiger partial charge in [0.1, 0.15) is 0 Å². The van der Waals surface area contributed by atoms with Crippen LogP contribution >= 0.6 is 0 Å². The number of nitrogens with zero attached hydrogens (tertiary/aromatic N) is 1. The van der Waals surface area contributed by atoms with E-state index in [0.29, 0.717) is 19.6 Å². The summed E-state index contributed by atoms with van der Waals surface area (Å²) >= 11 is 0. The number of carboxylic acid groups (broad SMARTS) is 1. The molecule has 2 aliphatic heterocycles. The zero-order valence-corrected chi connectivity index (χ0v) is 9.50. The molecular formula is C13H15NO3. The second kappa shape index (κ2) is 4.04. The predicted octanol–water partition coefficient (Wildman–Crippen LogP) is 1.15. The maximum absolute atomic E-state index is 11.3. The molecule has 2 atom stereocenters. The van der Waals surface area contributed by atoms with Crippen molar-refractivity contribution in [2.45, 2.75) is 12.5 Å². The summed E-state index contributed by atoms with van der Waals surface area (Å²) in [6.45, 7) is 1.98. The van der Waals surface area contributed by atoms with Crippen LogP contribution in [0.25, 0.3) is 0 Å². The molecule has 0 saturated carbocycles. The molecule has 90 valence electrons. The lowest BCUT2D eigenvalue weighted by atomic mass is 9.85. The van der Waals surface area contributed by atoms with Gasteiger partial charge in [-0.15, -0.1) is 0 Å². The fraction of sp³-hybridized carbons (Fsp3) is 0.462. The molecule has 1 N–H and O–H groups in total. The Morgan fingerprint density at radius 2 is 2.24 bits per heavy atom. The molecule has 17 heavy (non-hydrogen) atoms. The maximum Gasteiger partial charge on any atom is 0.309 e. The highest BCUT2D eigenvalue weighted by atomic mass is 16.5. The molecule has 2 heterocycles. The number of ether oxygens (including phenoxy) is 1. The zero-order valence-electron chi connectivity index (χ0n) is 9.50.